The lowest BCUT2D eigenvalue weighted by Crippen LogP contribution is -2.34. The average molecular weight is 408 g/mol. The van der Waals surface area contributed by atoms with Gasteiger partial charge in [0.25, 0.3) is 0 Å². The lowest BCUT2D eigenvalue weighted by Gasteiger charge is -2.22. The predicted molar refractivity (Wildman–Crippen MR) is 112 cm³/mol. The van der Waals surface area contributed by atoms with Gasteiger partial charge < -0.3 is 24.2 Å². The molecule has 1 unspecified atom stereocenters. The summed E-state index contributed by atoms with van der Waals surface area (Å²) >= 11 is 0. The minimum Gasteiger partial charge on any atom is -0.497 e. The van der Waals surface area contributed by atoms with Gasteiger partial charge in [0.05, 0.1) is 13.7 Å². The Morgan fingerprint density at radius 2 is 1.90 bits per heavy atom. The molecule has 0 radical (unpaired) electrons. The van der Waals surface area contributed by atoms with Gasteiger partial charge in [-0.05, 0) is 68.3 Å². The van der Waals surface area contributed by atoms with Crippen molar-refractivity contribution in [3.8, 4) is 22.9 Å². The van der Waals surface area contributed by atoms with Crippen molar-refractivity contribution in [2.24, 2.45) is 0 Å². The molecular formula is C22H24N4O4. The van der Waals surface area contributed by atoms with Gasteiger partial charge in [-0.15, -0.1) is 0 Å². The van der Waals surface area contributed by atoms with Crippen LogP contribution in [0.4, 0.5) is 10.5 Å². The highest BCUT2D eigenvalue weighted by Gasteiger charge is 2.34. The molecule has 4 rings (SSSR count). The van der Waals surface area contributed by atoms with Gasteiger partial charge in [-0.25, -0.2) is 4.79 Å². The minimum absolute atomic E-state index is 0.189. The third kappa shape index (κ3) is 4.22. The molecule has 156 valence electrons. The number of amides is 2. The number of nitrogens with one attached hydrogen (secondary N) is 1. The Morgan fingerprint density at radius 1 is 1.17 bits per heavy atom. The van der Waals surface area contributed by atoms with Crippen LogP contribution in [0.1, 0.15) is 31.7 Å². The van der Waals surface area contributed by atoms with Crippen LogP contribution < -0.4 is 14.8 Å². The largest absolute Gasteiger partial charge is 0.497 e. The van der Waals surface area contributed by atoms with E-state index >= 15 is 0 Å². The van der Waals surface area contributed by atoms with Crippen molar-refractivity contribution in [2.75, 3.05) is 25.6 Å². The molecule has 0 saturated carbocycles. The van der Waals surface area contributed by atoms with E-state index in [1.54, 1.807) is 12.0 Å². The summed E-state index contributed by atoms with van der Waals surface area (Å²) in [6.45, 7) is 3.17. The van der Waals surface area contributed by atoms with Crippen LogP contribution in [-0.2, 0) is 0 Å². The topological polar surface area (TPSA) is 89.7 Å². The normalized spacial score (nSPS) is 15.8. The Labute approximate surface area is 174 Å². The highest BCUT2D eigenvalue weighted by atomic mass is 16.5. The average Bonchev–Trinajstić information content (AvgIpc) is 3.45. The number of rotatable bonds is 6. The second-order valence-corrected chi connectivity index (χ2v) is 6.92. The number of methoxy groups -OCH3 is 1. The molecular weight excluding hydrogens is 384 g/mol. The van der Waals surface area contributed by atoms with Crippen LogP contribution in [0.2, 0.25) is 0 Å². The van der Waals surface area contributed by atoms with Gasteiger partial charge in [0, 0.05) is 17.8 Å². The van der Waals surface area contributed by atoms with E-state index in [1.165, 1.54) is 0 Å². The zero-order valence-corrected chi connectivity index (χ0v) is 17.0. The fraction of sp³-hybridized carbons (Fsp3) is 0.318. The first-order valence-corrected chi connectivity index (χ1v) is 9.96. The summed E-state index contributed by atoms with van der Waals surface area (Å²) in [4.78, 5) is 19.1. The Bertz CT molecular complexity index is 985. The number of hydrogen-bond donors (Lipinski definition) is 1. The summed E-state index contributed by atoms with van der Waals surface area (Å²) in [6, 6.07) is 14.3. The molecule has 1 fully saturated rings. The lowest BCUT2D eigenvalue weighted by atomic mass is 10.2. The highest BCUT2D eigenvalue weighted by Crippen LogP contribution is 2.33. The summed E-state index contributed by atoms with van der Waals surface area (Å²) in [7, 11) is 1.62. The summed E-state index contributed by atoms with van der Waals surface area (Å²) in [6.07, 6.45) is 1.66. The van der Waals surface area contributed by atoms with Gasteiger partial charge in [-0.2, -0.15) is 4.98 Å². The van der Waals surface area contributed by atoms with Crippen molar-refractivity contribution in [1.82, 2.24) is 15.0 Å². The fourth-order valence-corrected chi connectivity index (χ4v) is 3.49. The molecule has 2 aromatic carbocycles. The molecule has 8 heteroatoms. The van der Waals surface area contributed by atoms with Crippen molar-refractivity contribution in [2.45, 2.75) is 25.8 Å². The molecule has 1 atom stereocenters. The second kappa shape index (κ2) is 8.86. The van der Waals surface area contributed by atoms with Crippen LogP contribution in [0.5, 0.6) is 11.5 Å². The van der Waals surface area contributed by atoms with Gasteiger partial charge in [0.15, 0.2) is 0 Å². The van der Waals surface area contributed by atoms with Crippen molar-refractivity contribution in [3.05, 3.63) is 54.4 Å². The predicted octanol–water partition coefficient (Wildman–Crippen LogP) is 4.51. The van der Waals surface area contributed by atoms with Crippen molar-refractivity contribution < 1.29 is 18.8 Å². The number of likely N-dealkylation sites (tertiary alicyclic amines) is 1. The van der Waals surface area contributed by atoms with Crippen LogP contribution >= 0.6 is 0 Å². The molecule has 1 aliphatic rings. The SMILES string of the molecule is CCOc1ccc(NC(=O)N2CCCC2c2nc(-c3ccc(OC)cc3)no2)cc1. The number of nitrogens with zero attached hydrogens (tertiary/aromatic N) is 3. The molecule has 2 amide bonds. The van der Waals surface area contributed by atoms with E-state index in [-0.39, 0.29) is 12.1 Å². The lowest BCUT2D eigenvalue weighted by molar-refractivity contribution is 0.193. The Kier molecular flexibility index (Phi) is 5.83. The number of benzene rings is 2. The van der Waals surface area contributed by atoms with Gasteiger partial charge in [0.1, 0.15) is 17.5 Å². The Morgan fingerprint density at radius 3 is 2.60 bits per heavy atom. The fourth-order valence-electron chi connectivity index (χ4n) is 3.49. The maximum absolute atomic E-state index is 12.8. The smallest absolute Gasteiger partial charge is 0.322 e. The number of anilines is 1. The van der Waals surface area contributed by atoms with Crippen molar-refractivity contribution in [3.63, 3.8) is 0 Å². The third-order valence-corrected chi connectivity index (χ3v) is 5.01. The Hall–Kier alpha value is -3.55. The van der Waals surface area contributed by atoms with E-state index in [9.17, 15) is 4.79 Å². The zero-order chi connectivity index (χ0) is 20.9. The maximum atomic E-state index is 12.8. The molecule has 0 aliphatic carbocycles. The molecule has 0 spiro atoms. The van der Waals surface area contributed by atoms with Gasteiger partial charge in [0.2, 0.25) is 11.7 Å². The molecule has 30 heavy (non-hydrogen) atoms. The van der Waals surface area contributed by atoms with Crippen molar-refractivity contribution in [1.29, 1.82) is 0 Å². The van der Waals surface area contributed by atoms with Crippen LogP contribution in [-0.4, -0.2) is 41.3 Å². The maximum Gasteiger partial charge on any atom is 0.322 e. The van der Waals surface area contributed by atoms with Crippen LogP contribution in [0.25, 0.3) is 11.4 Å². The van der Waals surface area contributed by atoms with Gasteiger partial charge in [-0.3, -0.25) is 0 Å². The number of hydrogen-bond acceptors (Lipinski definition) is 6. The summed E-state index contributed by atoms with van der Waals surface area (Å²) in [5.74, 6) is 2.47. The van der Waals surface area contributed by atoms with Crippen LogP contribution in [0, 0.1) is 0 Å². The molecule has 2 heterocycles. The molecule has 1 aliphatic heterocycles. The minimum atomic E-state index is -0.243. The number of aromatic nitrogens is 2. The summed E-state index contributed by atoms with van der Waals surface area (Å²) in [5.41, 5.74) is 1.53. The standard InChI is InChI=1S/C22H24N4O4/c1-3-29-18-12-8-16(9-13-18)23-22(27)26-14-4-5-19(26)21-24-20(25-30-21)15-6-10-17(28-2)11-7-15/h6-13,19H,3-5,14H2,1-2H3,(H,23,27). The van der Waals surface area contributed by atoms with E-state index in [1.807, 2.05) is 55.5 Å². The quantitative estimate of drug-likeness (QED) is 0.645. The molecule has 1 aromatic heterocycles. The molecule has 3 aromatic rings. The highest BCUT2D eigenvalue weighted by molar-refractivity contribution is 5.89. The number of carbonyl (C=O) groups is 1. The number of urea groups is 1. The Balaban J connectivity index is 1.45. The summed E-state index contributed by atoms with van der Waals surface area (Å²) in [5, 5.41) is 7.02. The number of ether oxygens (including phenoxy) is 2. The first kappa shape index (κ1) is 19.8. The molecule has 1 N–H and O–H groups in total. The first-order valence-electron chi connectivity index (χ1n) is 9.96. The third-order valence-electron chi connectivity index (χ3n) is 5.01. The molecule has 0 bridgehead atoms. The monoisotopic (exact) mass is 408 g/mol. The number of carbonyl (C=O) groups excluding carboxylic acids is 1. The van der Waals surface area contributed by atoms with E-state index in [4.69, 9.17) is 14.0 Å². The van der Waals surface area contributed by atoms with E-state index in [0.29, 0.717) is 30.6 Å². The van der Waals surface area contributed by atoms with E-state index in [0.717, 1.165) is 29.9 Å². The first-order chi connectivity index (χ1) is 14.7. The second-order valence-electron chi connectivity index (χ2n) is 6.92. The van der Waals surface area contributed by atoms with Gasteiger partial charge >= 0.3 is 6.03 Å². The molecule has 1 saturated heterocycles. The van der Waals surface area contributed by atoms with Crippen molar-refractivity contribution >= 4 is 11.7 Å². The van der Waals surface area contributed by atoms with Crippen LogP contribution in [0.15, 0.2) is 53.1 Å². The van der Waals surface area contributed by atoms with E-state index < -0.39 is 0 Å². The summed E-state index contributed by atoms with van der Waals surface area (Å²) < 4.78 is 16.1. The van der Waals surface area contributed by atoms with E-state index in [2.05, 4.69) is 15.5 Å². The zero-order valence-electron chi connectivity index (χ0n) is 17.0. The van der Waals surface area contributed by atoms with Crippen LogP contribution in [0.3, 0.4) is 0 Å². The van der Waals surface area contributed by atoms with Gasteiger partial charge in [-0.1, -0.05) is 5.16 Å². The molecule has 8 nitrogen and oxygen atoms in total.